The Morgan fingerprint density at radius 2 is 2.08 bits per heavy atom. The lowest BCUT2D eigenvalue weighted by molar-refractivity contribution is 0.0922. The van der Waals surface area contributed by atoms with Crippen molar-refractivity contribution in [1.82, 2.24) is 35.1 Å². The summed E-state index contributed by atoms with van der Waals surface area (Å²) in [6.07, 6.45) is 3.14. The highest BCUT2D eigenvalue weighted by Gasteiger charge is 2.24. The third kappa shape index (κ3) is 2.66. The third-order valence-electron chi connectivity index (χ3n) is 4.18. The van der Waals surface area contributed by atoms with E-state index in [0.29, 0.717) is 12.2 Å². The number of benzene rings is 1. The second-order valence-corrected chi connectivity index (χ2v) is 5.84. The molecule has 1 aliphatic rings. The minimum absolute atomic E-state index is 0.0431. The lowest BCUT2D eigenvalue weighted by atomic mass is 10.1. The summed E-state index contributed by atoms with van der Waals surface area (Å²) in [5.41, 5.74) is 1.13. The number of amides is 1. The average Bonchev–Trinajstić information content (AvgIpc) is 3.24. The number of fused-ring (bicyclic) bond motifs is 1. The van der Waals surface area contributed by atoms with E-state index in [4.69, 9.17) is 0 Å². The molecule has 0 saturated carbocycles. The molecule has 0 saturated heterocycles. The first-order valence-corrected chi connectivity index (χ1v) is 7.88. The fraction of sp³-hybridized carbons (Fsp3) is 0.312. The van der Waals surface area contributed by atoms with Gasteiger partial charge in [0.1, 0.15) is 11.6 Å². The van der Waals surface area contributed by atoms with Gasteiger partial charge in [0.25, 0.3) is 5.91 Å². The topological polar surface area (TPSA) is 90.5 Å². The lowest BCUT2D eigenvalue weighted by Crippen LogP contribution is -2.41. The van der Waals surface area contributed by atoms with Gasteiger partial charge in [0.15, 0.2) is 5.69 Å². The van der Waals surface area contributed by atoms with Crippen LogP contribution in [0, 0.1) is 6.92 Å². The van der Waals surface area contributed by atoms with Gasteiger partial charge in [-0.25, -0.2) is 0 Å². The molecule has 0 fully saturated rings. The number of aryl methyl sites for hydroxylation is 2. The fourth-order valence-electron chi connectivity index (χ4n) is 2.89. The summed E-state index contributed by atoms with van der Waals surface area (Å²) in [5.74, 6) is 1.64. The van der Waals surface area contributed by atoms with E-state index in [-0.39, 0.29) is 11.9 Å². The summed E-state index contributed by atoms with van der Waals surface area (Å²) in [5, 5.41) is 19.7. The molecule has 3 aromatic rings. The number of aromatic nitrogens is 6. The number of carbonyl (C=O) groups is 1. The van der Waals surface area contributed by atoms with Crippen LogP contribution < -0.4 is 5.32 Å². The van der Waals surface area contributed by atoms with Gasteiger partial charge in [0, 0.05) is 19.0 Å². The maximum atomic E-state index is 12.4. The molecule has 3 heterocycles. The number of para-hydroxylation sites is 1. The van der Waals surface area contributed by atoms with Gasteiger partial charge in [-0.2, -0.15) is 9.90 Å². The molecule has 1 aliphatic heterocycles. The Kier molecular flexibility index (Phi) is 3.56. The predicted molar refractivity (Wildman–Crippen MR) is 85.7 cm³/mol. The summed E-state index contributed by atoms with van der Waals surface area (Å²) in [7, 11) is 0. The molecule has 1 atom stereocenters. The minimum Gasteiger partial charge on any atom is -0.346 e. The molecule has 24 heavy (non-hydrogen) atoms. The van der Waals surface area contributed by atoms with Crippen LogP contribution in [-0.4, -0.2) is 41.7 Å². The van der Waals surface area contributed by atoms with Gasteiger partial charge in [0.05, 0.1) is 11.9 Å². The first-order chi connectivity index (χ1) is 11.7. The quantitative estimate of drug-likeness (QED) is 0.774. The Morgan fingerprint density at radius 1 is 1.25 bits per heavy atom. The van der Waals surface area contributed by atoms with Crippen LogP contribution in [0.25, 0.3) is 5.69 Å². The smallest absolute Gasteiger partial charge is 0.273 e. The van der Waals surface area contributed by atoms with Gasteiger partial charge < -0.3 is 9.88 Å². The van der Waals surface area contributed by atoms with Crippen molar-refractivity contribution in [3.05, 3.63) is 53.9 Å². The van der Waals surface area contributed by atoms with Crippen molar-refractivity contribution in [3.8, 4) is 5.69 Å². The lowest BCUT2D eigenvalue weighted by Gasteiger charge is -2.24. The van der Waals surface area contributed by atoms with E-state index in [1.165, 1.54) is 11.0 Å². The maximum Gasteiger partial charge on any atom is 0.273 e. The fourth-order valence-corrected chi connectivity index (χ4v) is 2.89. The van der Waals surface area contributed by atoms with Crippen LogP contribution in [0.15, 0.2) is 36.5 Å². The Morgan fingerprint density at radius 3 is 2.92 bits per heavy atom. The highest BCUT2D eigenvalue weighted by Crippen LogP contribution is 2.15. The summed E-state index contributed by atoms with van der Waals surface area (Å²) < 4.78 is 2.05. The molecule has 0 bridgehead atoms. The van der Waals surface area contributed by atoms with Crippen LogP contribution in [0.2, 0.25) is 0 Å². The zero-order valence-electron chi connectivity index (χ0n) is 13.3. The van der Waals surface area contributed by atoms with Crippen molar-refractivity contribution in [2.45, 2.75) is 32.4 Å². The highest BCUT2D eigenvalue weighted by atomic mass is 16.2. The van der Waals surface area contributed by atoms with Gasteiger partial charge >= 0.3 is 0 Å². The predicted octanol–water partition coefficient (Wildman–Crippen LogP) is 0.912. The van der Waals surface area contributed by atoms with E-state index >= 15 is 0 Å². The van der Waals surface area contributed by atoms with Crippen LogP contribution >= 0.6 is 0 Å². The van der Waals surface area contributed by atoms with Gasteiger partial charge in [-0.1, -0.05) is 18.2 Å². The van der Waals surface area contributed by atoms with Crippen molar-refractivity contribution in [1.29, 1.82) is 0 Å². The summed E-state index contributed by atoms with van der Waals surface area (Å²) >= 11 is 0. The summed E-state index contributed by atoms with van der Waals surface area (Å²) in [6, 6.07) is 9.55. The number of rotatable bonds is 3. The second kappa shape index (κ2) is 5.88. The third-order valence-corrected chi connectivity index (χ3v) is 4.18. The molecule has 122 valence electrons. The zero-order valence-corrected chi connectivity index (χ0v) is 13.3. The van der Waals surface area contributed by atoms with Crippen molar-refractivity contribution in [2.75, 3.05) is 0 Å². The van der Waals surface area contributed by atoms with Gasteiger partial charge in [0.2, 0.25) is 0 Å². The first kappa shape index (κ1) is 14.6. The Hall–Kier alpha value is -3.03. The molecule has 1 amide bonds. The normalized spacial score (nSPS) is 16.6. The number of nitrogens with one attached hydrogen (secondary N) is 1. The zero-order chi connectivity index (χ0) is 16.5. The van der Waals surface area contributed by atoms with Crippen molar-refractivity contribution in [2.24, 2.45) is 0 Å². The van der Waals surface area contributed by atoms with Crippen molar-refractivity contribution >= 4 is 5.91 Å². The largest absolute Gasteiger partial charge is 0.346 e. The summed E-state index contributed by atoms with van der Waals surface area (Å²) in [4.78, 5) is 13.9. The molecule has 2 aromatic heterocycles. The van der Waals surface area contributed by atoms with E-state index in [2.05, 4.69) is 30.3 Å². The van der Waals surface area contributed by atoms with Gasteiger partial charge in [-0.3, -0.25) is 4.79 Å². The minimum atomic E-state index is -0.212. The van der Waals surface area contributed by atoms with E-state index < -0.39 is 0 Å². The highest BCUT2D eigenvalue weighted by molar-refractivity contribution is 5.92. The van der Waals surface area contributed by atoms with Gasteiger partial charge in [-0.05, 0) is 25.5 Å². The van der Waals surface area contributed by atoms with E-state index in [1.807, 2.05) is 37.3 Å². The SMILES string of the molecule is Cc1nnc2n1C[C@@H](NC(=O)c1cnn(-c3ccccc3)n1)CC2. The first-order valence-electron chi connectivity index (χ1n) is 7.88. The molecule has 0 aliphatic carbocycles. The number of nitrogens with zero attached hydrogens (tertiary/aromatic N) is 6. The van der Waals surface area contributed by atoms with Gasteiger partial charge in [-0.15, -0.1) is 15.3 Å². The monoisotopic (exact) mass is 323 g/mol. The maximum absolute atomic E-state index is 12.4. The molecule has 1 N–H and O–H groups in total. The summed E-state index contributed by atoms with van der Waals surface area (Å²) in [6.45, 7) is 2.61. The van der Waals surface area contributed by atoms with Crippen LogP contribution in [0.3, 0.4) is 0 Å². The Balaban J connectivity index is 1.46. The standard InChI is InChI=1S/C16H17N7O/c1-11-19-20-15-8-7-12(10-22(11)15)18-16(24)14-9-17-23(21-14)13-5-3-2-4-6-13/h2-6,9,12H,7-8,10H2,1H3,(H,18,24)/t12-/m0/s1. The molecule has 0 unspecified atom stereocenters. The molecule has 4 rings (SSSR count). The van der Waals surface area contributed by atoms with E-state index in [9.17, 15) is 4.79 Å². The number of carbonyl (C=O) groups excluding carboxylic acids is 1. The molecule has 8 heteroatoms. The van der Waals surface area contributed by atoms with E-state index in [0.717, 1.165) is 30.2 Å². The number of hydrogen-bond acceptors (Lipinski definition) is 5. The Labute approximate surface area is 138 Å². The van der Waals surface area contributed by atoms with Crippen LogP contribution in [0.4, 0.5) is 0 Å². The molecular formula is C16H17N7O. The molecule has 8 nitrogen and oxygen atoms in total. The molecule has 1 aromatic carbocycles. The van der Waals surface area contributed by atoms with Crippen LogP contribution in [-0.2, 0) is 13.0 Å². The second-order valence-electron chi connectivity index (χ2n) is 5.84. The van der Waals surface area contributed by atoms with Crippen LogP contribution in [0.5, 0.6) is 0 Å². The van der Waals surface area contributed by atoms with E-state index in [1.54, 1.807) is 0 Å². The van der Waals surface area contributed by atoms with Crippen molar-refractivity contribution in [3.63, 3.8) is 0 Å². The Bertz CT molecular complexity index is 868. The average molecular weight is 323 g/mol. The van der Waals surface area contributed by atoms with Crippen LogP contribution in [0.1, 0.15) is 28.6 Å². The van der Waals surface area contributed by atoms with Crippen molar-refractivity contribution < 1.29 is 4.79 Å². The number of hydrogen-bond donors (Lipinski definition) is 1. The molecule has 0 radical (unpaired) electrons. The molecule has 0 spiro atoms. The molecular weight excluding hydrogens is 306 g/mol.